The fourth-order valence-electron chi connectivity index (χ4n) is 2.97. The first-order valence-electron chi connectivity index (χ1n) is 9.81. The molecule has 0 radical (unpaired) electrons. The summed E-state index contributed by atoms with van der Waals surface area (Å²) in [4.78, 5) is 24.4. The highest BCUT2D eigenvalue weighted by Crippen LogP contribution is 2.22. The Bertz CT molecular complexity index is 860. The lowest BCUT2D eigenvalue weighted by Gasteiger charge is -2.32. The molecule has 0 spiro atoms. The third kappa shape index (κ3) is 10.2. The molecule has 1 fully saturated rings. The minimum absolute atomic E-state index is 0.769. The second-order valence-electron chi connectivity index (χ2n) is 7.39. The van der Waals surface area contributed by atoms with E-state index < -0.39 is 24.3 Å². The molecule has 34 heavy (non-hydrogen) atoms. The summed E-state index contributed by atoms with van der Waals surface area (Å²) < 4.78 is 70.9. The fraction of sp³-hybridized carbons (Fsp3) is 0.579. The Kier molecular flexibility index (Phi) is 10.5. The number of carbonyl (C=O) groups is 2. The van der Waals surface area contributed by atoms with Crippen molar-refractivity contribution in [1.29, 1.82) is 0 Å². The fourth-order valence-corrected chi connectivity index (χ4v) is 2.97. The summed E-state index contributed by atoms with van der Waals surface area (Å²) in [5.41, 5.74) is 2.29. The van der Waals surface area contributed by atoms with Crippen LogP contribution in [0.25, 0.3) is 0 Å². The summed E-state index contributed by atoms with van der Waals surface area (Å²) >= 11 is 0. The minimum Gasteiger partial charge on any atom is -0.475 e. The summed E-state index contributed by atoms with van der Waals surface area (Å²) in [6, 6.07) is 0. The van der Waals surface area contributed by atoms with E-state index in [9.17, 15) is 26.3 Å². The quantitative estimate of drug-likeness (QED) is 0.608. The van der Waals surface area contributed by atoms with Gasteiger partial charge in [-0.25, -0.2) is 14.6 Å². The van der Waals surface area contributed by atoms with Gasteiger partial charge in [-0.2, -0.15) is 26.3 Å². The lowest BCUT2D eigenvalue weighted by Crippen LogP contribution is -2.34. The van der Waals surface area contributed by atoms with E-state index in [0.717, 1.165) is 43.6 Å². The molecule has 1 saturated heterocycles. The summed E-state index contributed by atoms with van der Waals surface area (Å²) in [6.45, 7) is 8.41. The van der Waals surface area contributed by atoms with Crippen molar-refractivity contribution >= 4 is 11.9 Å². The van der Waals surface area contributed by atoms with E-state index in [0.29, 0.717) is 0 Å². The van der Waals surface area contributed by atoms with E-state index in [1.165, 1.54) is 18.4 Å². The van der Waals surface area contributed by atoms with Gasteiger partial charge in [0.2, 0.25) is 0 Å². The molecule has 3 rings (SSSR count). The van der Waals surface area contributed by atoms with Crippen LogP contribution in [-0.2, 0) is 22.7 Å². The van der Waals surface area contributed by atoms with E-state index in [1.807, 2.05) is 26.4 Å². The molecule has 0 unspecified atom stereocenters. The molecule has 192 valence electrons. The molecule has 0 aliphatic carbocycles. The van der Waals surface area contributed by atoms with Gasteiger partial charge < -0.3 is 19.3 Å². The third-order valence-electron chi connectivity index (χ3n) is 4.78. The van der Waals surface area contributed by atoms with E-state index in [-0.39, 0.29) is 0 Å². The monoisotopic (exact) mass is 502 g/mol. The number of aryl methyl sites for hydroxylation is 2. The van der Waals surface area contributed by atoms with Crippen molar-refractivity contribution in [1.82, 2.24) is 19.6 Å². The predicted octanol–water partition coefficient (Wildman–Crippen LogP) is 3.67. The molecule has 15 heteroatoms. The van der Waals surface area contributed by atoms with Crippen molar-refractivity contribution in [3.05, 3.63) is 35.7 Å². The van der Waals surface area contributed by atoms with Gasteiger partial charge in [-0.05, 0) is 45.7 Å². The lowest BCUT2D eigenvalue weighted by molar-refractivity contribution is -0.193. The second kappa shape index (κ2) is 12.4. The predicted molar refractivity (Wildman–Crippen MR) is 104 cm³/mol. The first-order chi connectivity index (χ1) is 15.6. The molecule has 0 amide bonds. The van der Waals surface area contributed by atoms with Crippen LogP contribution < -0.4 is 0 Å². The maximum absolute atomic E-state index is 10.6. The van der Waals surface area contributed by atoms with Gasteiger partial charge in [0.15, 0.2) is 0 Å². The smallest absolute Gasteiger partial charge is 0.475 e. The van der Waals surface area contributed by atoms with E-state index in [1.54, 1.807) is 0 Å². The van der Waals surface area contributed by atoms with Crippen molar-refractivity contribution in [2.75, 3.05) is 13.1 Å². The molecule has 2 aromatic rings. The van der Waals surface area contributed by atoms with Crippen LogP contribution in [0.3, 0.4) is 0 Å². The van der Waals surface area contributed by atoms with Crippen LogP contribution in [0.4, 0.5) is 26.3 Å². The zero-order chi connectivity index (χ0) is 26.1. The number of likely N-dealkylation sites (tertiary alicyclic amines) is 1. The molecule has 3 heterocycles. The average molecular weight is 502 g/mol. The van der Waals surface area contributed by atoms with Gasteiger partial charge in [-0.1, -0.05) is 5.16 Å². The van der Waals surface area contributed by atoms with Crippen LogP contribution in [-0.4, -0.2) is 67.2 Å². The Morgan fingerprint density at radius 1 is 1.06 bits per heavy atom. The molecule has 2 N–H and O–H groups in total. The van der Waals surface area contributed by atoms with Gasteiger partial charge in [0.25, 0.3) is 0 Å². The number of piperidine rings is 1. The highest BCUT2D eigenvalue weighted by Gasteiger charge is 2.38. The zero-order valence-corrected chi connectivity index (χ0v) is 18.2. The number of carboxylic acid groups (broad SMARTS) is 2. The molecule has 1 aliphatic rings. The molecule has 2 aromatic heterocycles. The number of imidazole rings is 1. The number of alkyl halides is 6. The topological polar surface area (TPSA) is 122 Å². The van der Waals surface area contributed by atoms with Gasteiger partial charge in [-0.15, -0.1) is 0 Å². The maximum Gasteiger partial charge on any atom is 0.490 e. The third-order valence-corrected chi connectivity index (χ3v) is 4.78. The maximum atomic E-state index is 10.6. The normalized spacial score (nSPS) is 15.1. The Balaban J connectivity index is 0.000000343. The van der Waals surface area contributed by atoms with Crippen molar-refractivity contribution < 1.29 is 50.7 Å². The summed E-state index contributed by atoms with van der Waals surface area (Å²) in [5.74, 6) is -3.78. The Labute approximate surface area is 190 Å². The van der Waals surface area contributed by atoms with Gasteiger partial charge in [-0.3, -0.25) is 4.90 Å². The van der Waals surface area contributed by atoms with Crippen LogP contribution in [0.15, 0.2) is 23.2 Å². The van der Waals surface area contributed by atoms with E-state index in [4.69, 9.17) is 24.3 Å². The molecule has 0 bridgehead atoms. The molecule has 1 aliphatic heterocycles. The number of nitrogens with zero attached hydrogens (tertiary/aromatic N) is 4. The van der Waals surface area contributed by atoms with Crippen LogP contribution in [0.5, 0.6) is 0 Å². The van der Waals surface area contributed by atoms with Gasteiger partial charge >= 0.3 is 24.3 Å². The first-order valence-corrected chi connectivity index (χ1v) is 9.81. The highest BCUT2D eigenvalue weighted by molar-refractivity contribution is 5.73. The molecular formula is C19H24F6N4O5. The number of carboxylic acids is 2. The van der Waals surface area contributed by atoms with Crippen molar-refractivity contribution in [3.63, 3.8) is 0 Å². The van der Waals surface area contributed by atoms with Crippen LogP contribution in [0, 0.1) is 19.8 Å². The molecule has 0 atom stereocenters. The standard InChI is InChI=1S/C15H22N4O.2C2HF3O2/c1-12-15(13(2)20-17-12)10-18-6-3-14(4-7-18)9-19-8-5-16-11-19;2*3-2(4,5)1(6)7/h5,8,11,14H,3-4,6-7,9-10H2,1-2H3;2*(H,6,7). The molecule has 9 nitrogen and oxygen atoms in total. The number of hydrogen-bond acceptors (Lipinski definition) is 6. The first kappa shape index (κ1) is 28.9. The van der Waals surface area contributed by atoms with Crippen molar-refractivity contribution in [2.24, 2.45) is 5.92 Å². The molecular weight excluding hydrogens is 478 g/mol. The largest absolute Gasteiger partial charge is 0.490 e. The minimum atomic E-state index is -5.08. The van der Waals surface area contributed by atoms with Crippen molar-refractivity contribution in [3.8, 4) is 0 Å². The average Bonchev–Trinajstić information content (AvgIpc) is 3.34. The highest BCUT2D eigenvalue weighted by atomic mass is 19.4. The number of hydrogen-bond donors (Lipinski definition) is 2. The van der Waals surface area contributed by atoms with Crippen LogP contribution in [0.1, 0.15) is 29.9 Å². The Morgan fingerprint density at radius 3 is 1.91 bits per heavy atom. The second-order valence-corrected chi connectivity index (χ2v) is 7.39. The van der Waals surface area contributed by atoms with Gasteiger partial charge in [0.05, 0.1) is 12.0 Å². The Morgan fingerprint density at radius 2 is 1.56 bits per heavy atom. The molecule has 0 saturated carbocycles. The van der Waals surface area contributed by atoms with E-state index in [2.05, 4.69) is 25.8 Å². The number of rotatable bonds is 4. The number of aliphatic carboxylic acids is 2. The number of halogens is 6. The van der Waals surface area contributed by atoms with Crippen LogP contribution >= 0.6 is 0 Å². The Hall–Kier alpha value is -3.10. The zero-order valence-electron chi connectivity index (χ0n) is 18.2. The summed E-state index contributed by atoms with van der Waals surface area (Å²) in [7, 11) is 0. The van der Waals surface area contributed by atoms with Crippen LogP contribution in [0.2, 0.25) is 0 Å². The summed E-state index contributed by atoms with van der Waals surface area (Å²) in [6.07, 6.45) is -1.85. The van der Waals surface area contributed by atoms with Gasteiger partial charge in [0.1, 0.15) is 5.76 Å². The van der Waals surface area contributed by atoms with E-state index >= 15 is 0 Å². The van der Waals surface area contributed by atoms with Gasteiger partial charge in [0, 0.05) is 31.0 Å². The summed E-state index contributed by atoms with van der Waals surface area (Å²) in [5, 5.41) is 18.3. The number of aromatic nitrogens is 3. The lowest BCUT2D eigenvalue weighted by atomic mass is 9.96. The van der Waals surface area contributed by atoms with Crippen molar-refractivity contribution in [2.45, 2.75) is 52.1 Å². The SMILES string of the molecule is Cc1noc(C)c1CN1CCC(Cn2ccnc2)CC1.O=C(O)C(F)(F)F.O=C(O)C(F)(F)F. The molecule has 0 aromatic carbocycles.